The molecule has 0 saturated carbocycles. The van der Waals surface area contributed by atoms with Crippen molar-refractivity contribution in [3.05, 3.63) is 57.5 Å². The standard InChI is InChI=1S/C20H24N4O4/c1-13-3-4-16(11-14(13)2)28-12-19(26)21-15-7-9-24(10-8-15)20(27)17-5-6-18(25)23-22-17/h3-6,11,15H,7-10,12H2,1-2H3,(H,21,26)(H,23,25). The van der Waals surface area contributed by atoms with Gasteiger partial charge in [0.25, 0.3) is 17.4 Å². The molecule has 148 valence electrons. The fourth-order valence-corrected chi connectivity index (χ4v) is 3.07. The average Bonchev–Trinajstić information content (AvgIpc) is 2.69. The van der Waals surface area contributed by atoms with E-state index in [1.165, 1.54) is 17.7 Å². The fraction of sp³-hybridized carbons (Fsp3) is 0.400. The van der Waals surface area contributed by atoms with Crippen LogP contribution in [0.2, 0.25) is 0 Å². The lowest BCUT2D eigenvalue weighted by Crippen LogP contribution is -2.47. The van der Waals surface area contributed by atoms with E-state index in [0.717, 1.165) is 5.56 Å². The number of aryl methyl sites for hydroxylation is 2. The zero-order valence-electron chi connectivity index (χ0n) is 16.0. The quantitative estimate of drug-likeness (QED) is 0.806. The largest absolute Gasteiger partial charge is 0.484 e. The maximum atomic E-state index is 12.4. The van der Waals surface area contributed by atoms with Crippen molar-refractivity contribution in [3.63, 3.8) is 0 Å². The van der Waals surface area contributed by atoms with Gasteiger partial charge in [0.15, 0.2) is 6.61 Å². The first-order chi connectivity index (χ1) is 13.4. The summed E-state index contributed by atoms with van der Waals surface area (Å²) >= 11 is 0. The molecule has 0 radical (unpaired) electrons. The normalized spacial score (nSPS) is 14.6. The first-order valence-corrected chi connectivity index (χ1v) is 9.27. The van der Waals surface area contributed by atoms with E-state index in [4.69, 9.17) is 4.74 Å². The van der Waals surface area contributed by atoms with Gasteiger partial charge in [0.05, 0.1) is 0 Å². The van der Waals surface area contributed by atoms with Crippen molar-refractivity contribution in [1.82, 2.24) is 20.4 Å². The van der Waals surface area contributed by atoms with Gasteiger partial charge in [-0.2, -0.15) is 5.10 Å². The van der Waals surface area contributed by atoms with Crippen molar-refractivity contribution in [2.24, 2.45) is 0 Å². The number of amides is 2. The Bertz CT molecular complexity index is 896. The zero-order chi connectivity index (χ0) is 20.1. The minimum Gasteiger partial charge on any atom is -0.484 e. The molecule has 1 aliphatic heterocycles. The number of piperidine rings is 1. The van der Waals surface area contributed by atoms with Crippen LogP contribution >= 0.6 is 0 Å². The van der Waals surface area contributed by atoms with Crippen LogP contribution in [-0.2, 0) is 4.79 Å². The number of nitrogens with zero attached hydrogens (tertiary/aromatic N) is 2. The smallest absolute Gasteiger partial charge is 0.274 e. The van der Waals surface area contributed by atoms with Crippen molar-refractivity contribution in [2.75, 3.05) is 19.7 Å². The lowest BCUT2D eigenvalue weighted by atomic mass is 10.0. The molecule has 1 aromatic heterocycles. The van der Waals surface area contributed by atoms with Crippen LogP contribution in [0.5, 0.6) is 5.75 Å². The Morgan fingerprint density at radius 1 is 1.18 bits per heavy atom. The number of carbonyl (C=O) groups is 2. The summed E-state index contributed by atoms with van der Waals surface area (Å²) in [6.45, 7) is 5.02. The van der Waals surface area contributed by atoms with Gasteiger partial charge < -0.3 is 15.0 Å². The summed E-state index contributed by atoms with van der Waals surface area (Å²) in [6, 6.07) is 8.43. The highest BCUT2D eigenvalue weighted by atomic mass is 16.5. The predicted octanol–water partition coefficient (Wildman–Crippen LogP) is 1.19. The van der Waals surface area contributed by atoms with E-state index in [2.05, 4.69) is 15.5 Å². The molecule has 28 heavy (non-hydrogen) atoms. The van der Waals surface area contributed by atoms with Crippen LogP contribution in [0.4, 0.5) is 0 Å². The summed E-state index contributed by atoms with van der Waals surface area (Å²) in [7, 11) is 0. The molecule has 8 nitrogen and oxygen atoms in total. The lowest BCUT2D eigenvalue weighted by molar-refractivity contribution is -0.124. The van der Waals surface area contributed by atoms with Crippen LogP contribution in [0.15, 0.2) is 35.1 Å². The lowest BCUT2D eigenvalue weighted by Gasteiger charge is -2.32. The van der Waals surface area contributed by atoms with Gasteiger partial charge in [0.1, 0.15) is 11.4 Å². The third kappa shape index (κ3) is 4.97. The van der Waals surface area contributed by atoms with Crippen molar-refractivity contribution < 1.29 is 14.3 Å². The summed E-state index contributed by atoms with van der Waals surface area (Å²) in [5.74, 6) is 0.275. The second-order valence-electron chi connectivity index (χ2n) is 6.98. The van der Waals surface area contributed by atoms with E-state index in [1.807, 2.05) is 32.0 Å². The number of carbonyl (C=O) groups excluding carboxylic acids is 2. The van der Waals surface area contributed by atoms with E-state index in [9.17, 15) is 14.4 Å². The Hall–Kier alpha value is -3.16. The second kappa shape index (κ2) is 8.69. The molecule has 8 heteroatoms. The molecule has 1 fully saturated rings. The van der Waals surface area contributed by atoms with Gasteiger partial charge in [-0.3, -0.25) is 14.4 Å². The van der Waals surface area contributed by atoms with Gasteiger partial charge in [0, 0.05) is 25.2 Å². The number of aromatic amines is 1. The van der Waals surface area contributed by atoms with Gasteiger partial charge in [-0.25, -0.2) is 5.10 Å². The Morgan fingerprint density at radius 3 is 2.57 bits per heavy atom. The van der Waals surface area contributed by atoms with E-state index >= 15 is 0 Å². The molecule has 1 aliphatic rings. The zero-order valence-corrected chi connectivity index (χ0v) is 16.0. The SMILES string of the molecule is Cc1ccc(OCC(=O)NC2CCN(C(=O)c3ccc(=O)[nH]n3)CC2)cc1C. The number of hydrogen-bond acceptors (Lipinski definition) is 5. The van der Waals surface area contributed by atoms with Gasteiger partial charge >= 0.3 is 0 Å². The molecule has 0 bridgehead atoms. The maximum absolute atomic E-state index is 12.4. The van der Waals surface area contributed by atoms with Crippen LogP contribution < -0.4 is 15.6 Å². The molecule has 2 heterocycles. The number of likely N-dealkylation sites (tertiary alicyclic amines) is 1. The van der Waals surface area contributed by atoms with E-state index in [0.29, 0.717) is 31.7 Å². The number of rotatable bonds is 5. The monoisotopic (exact) mass is 384 g/mol. The molecule has 3 rings (SSSR count). The molecule has 2 N–H and O–H groups in total. The number of aromatic nitrogens is 2. The number of benzene rings is 1. The van der Waals surface area contributed by atoms with Crippen LogP contribution in [0.3, 0.4) is 0 Å². The first-order valence-electron chi connectivity index (χ1n) is 9.27. The summed E-state index contributed by atoms with van der Waals surface area (Å²) in [5, 5.41) is 8.99. The Balaban J connectivity index is 1.44. The van der Waals surface area contributed by atoms with Crippen molar-refractivity contribution in [2.45, 2.75) is 32.7 Å². The van der Waals surface area contributed by atoms with E-state index in [-0.39, 0.29) is 35.7 Å². The molecule has 0 unspecified atom stereocenters. The van der Waals surface area contributed by atoms with Gasteiger partial charge in [-0.05, 0) is 56.0 Å². The highest BCUT2D eigenvalue weighted by Crippen LogP contribution is 2.16. The highest BCUT2D eigenvalue weighted by molar-refractivity contribution is 5.92. The molecule has 2 aromatic rings. The second-order valence-corrected chi connectivity index (χ2v) is 6.98. The molecule has 1 saturated heterocycles. The third-order valence-corrected chi connectivity index (χ3v) is 4.89. The first kappa shape index (κ1) is 19.6. The minimum atomic E-state index is -0.346. The Morgan fingerprint density at radius 2 is 1.93 bits per heavy atom. The predicted molar refractivity (Wildman–Crippen MR) is 103 cm³/mol. The fourth-order valence-electron chi connectivity index (χ4n) is 3.07. The van der Waals surface area contributed by atoms with E-state index in [1.54, 1.807) is 4.90 Å². The van der Waals surface area contributed by atoms with Gasteiger partial charge in [0.2, 0.25) is 0 Å². The molecule has 1 aromatic carbocycles. The number of H-pyrrole nitrogens is 1. The van der Waals surface area contributed by atoms with Gasteiger partial charge in [-0.15, -0.1) is 0 Å². The van der Waals surface area contributed by atoms with Crippen LogP contribution in [0.25, 0.3) is 0 Å². The van der Waals surface area contributed by atoms with Crippen molar-refractivity contribution in [3.8, 4) is 5.75 Å². The van der Waals surface area contributed by atoms with Crippen LogP contribution in [-0.4, -0.2) is 52.6 Å². The van der Waals surface area contributed by atoms with Crippen LogP contribution in [0.1, 0.15) is 34.5 Å². The number of hydrogen-bond donors (Lipinski definition) is 2. The molecule has 0 spiro atoms. The summed E-state index contributed by atoms with van der Waals surface area (Å²) in [6.07, 6.45) is 1.31. The minimum absolute atomic E-state index is 0.00319. The summed E-state index contributed by atoms with van der Waals surface area (Å²) < 4.78 is 5.56. The number of nitrogens with one attached hydrogen (secondary N) is 2. The van der Waals surface area contributed by atoms with Crippen molar-refractivity contribution in [1.29, 1.82) is 0 Å². The Labute approximate surface area is 162 Å². The molecular weight excluding hydrogens is 360 g/mol. The summed E-state index contributed by atoms with van der Waals surface area (Å²) in [5.41, 5.74) is 2.16. The number of ether oxygens (including phenoxy) is 1. The van der Waals surface area contributed by atoms with Gasteiger partial charge in [-0.1, -0.05) is 6.07 Å². The maximum Gasteiger partial charge on any atom is 0.274 e. The molecule has 0 aliphatic carbocycles. The summed E-state index contributed by atoms with van der Waals surface area (Å²) in [4.78, 5) is 37.3. The highest BCUT2D eigenvalue weighted by Gasteiger charge is 2.25. The van der Waals surface area contributed by atoms with E-state index < -0.39 is 0 Å². The topological polar surface area (TPSA) is 104 Å². The molecule has 0 atom stereocenters. The molecular formula is C20H24N4O4. The molecule has 2 amide bonds. The Kier molecular flexibility index (Phi) is 6.08. The third-order valence-electron chi connectivity index (χ3n) is 4.89. The average molecular weight is 384 g/mol. The van der Waals surface area contributed by atoms with Crippen LogP contribution in [0, 0.1) is 13.8 Å². The van der Waals surface area contributed by atoms with Crippen molar-refractivity contribution >= 4 is 11.8 Å².